The van der Waals surface area contributed by atoms with Crippen LogP contribution in [0.5, 0.6) is 5.75 Å². The molecule has 10 heteroatoms. The van der Waals surface area contributed by atoms with Gasteiger partial charge in [-0.1, -0.05) is 41.4 Å². The molecule has 0 aliphatic heterocycles. The molecule has 0 unspecified atom stereocenters. The predicted molar refractivity (Wildman–Crippen MR) is 125 cm³/mol. The van der Waals surface area contributed by atoms with Gasteiger partial charge in [0, 0.05) is 10.4 Å². The molecule has 4 aromatic rings. The number of carbonyl (C=O) groups is 2. The van der Waals surface area contributed by atoms with E-state index in [4.69, 9.17) is 32.7 Å². The lowest BCUT2D eigenvalue weighted by molar-refractivity contribution is -0.118. The highest BCUT2D eigenvalue weighted by Gasteiger charge is 2.22. The minimum absolute atomic E-state index is 0.0877. The van der Waals surface area contributed by atoms with Crippen LogP contribution in [-0.4, -0.2) is 39.9 Å². The van der Waals surface area contributed by atoms with Crippen molar-refractivity contribution < 1.29 is 19.1 Å². The number of fused-ring (bicyclic) bond motifs is 1. The number of amides is 1. The van der Waals surface area contributed by atoms with Crippen molar-refractivity contribution in [2.24, 2.45) is 0 Å². The average molecular weight is 485 g/mol. The van der Waals surface area contributed by atoms with E-state index in [1.54, 1.807) is 25.1 Å². The number of pyridine rings is 1. The van der Waals surface area contributed by atoms with Crippen LogP contribution in [0.1, 0.15) is 17.3 Å². The van der Waals surface area contributed by atoms with E-state index in [1.807, 2.05) is 30.3 Å². The molecule has 2 heterocycles. The average Bonchev–Trinajstić information content (AvgIpc) is 3.21. The number of nitrogens with zero attached hydrogens (tertiary/aromatic N) is 3. The summed E-state index contributed by atoms with van der Waals surface area (Å²) in [4.78, 5) is 29.7. The van der Waals surface area contributed by atoms with Crippen molar-refractivity contribution in [1.29, 1.82) is 0 Å². The lowest BCUT2D eigenvalue weighted by atomic mass is 10.2. The predicted octanol–water partition coefficient (Wildman–Crippen LogP) is 4.92. The van der Waals surface area contributed by atoms with Gasteiger partial charge in [-0.25, -0.2) is 9.78 Å². The number of benzene rings is 2. The van der Waals surface area contributed by atoms with Gasteiger partial charge in [0.1, 0.15) is 11.3 Å². The van der Waals surface area contributed by atoms with Crippen molar-refractivity contribution in [3.05, 3.63) is 76.4 Å². The summed E-state index contributed by atoms with van der Waals surface area (Å²) in [5.41, 5.74) is 0.825. The molecule has 0 aliphatic rings. The van der Waals surface area contributed by atoms with Crippen molar-refractivity contribution in [2.45, 2.75) is 6.92 Å². The first kappa shape index (κ1) is 22.6. The number of anilines is 1. The van der Waals surface area contributed by atoms with E-state index in [0.717, 1.165) is 10.9 Å². The Balaban J connectivity index is 1.62. The SMILES string of the molecule is CCOC(=O)c1cnn(-c2ccc3ccccc3n2)c1NC(=O)COc1ccc(Cl)cc1Cl. The zero-order valence-electron chi connectivity index (χ0n) is 17.4. The van der Waals surface area contributed by atoms with Gasteiger partial charge in [0.25, 0.3) is 5.91 Å². The molecule has 0 radical (unpaired) electrons. The molecule has 0 atom stereocenters. The molecule has 1 amide bonds. The minimum Gasteiger partial charge on any atom is -0.482 e. The molecule has 2 aromatic heterocycles. The van der Waals surface area contributed by atoms with E-state index in [2.05, 4.69) is 15.4 Å². The summed E-state index contributed by atoms with van der Waals surface area (Å²) in [5, 5.41) is 8.59. The maximum absolute atomic E-state index is 12.7. The zero-order valence-corrected chi connectivity index (χ0v) is 18.9. The fraction of sp³-hybridized carbons (Fsp3) is 0.130. The smallest absolute Gasteiger partial charge is 0.343 e. The third-order valence-electron chi connectivity index (χ3n) is 4.58. The first-order chi connectivity index (χ1) is 16.0. The van der Waals surface area contributed by atoms with Gasteiger partial charge < -0.3 is 14.8 Å². The standard InChI is InChI=1S/C23H18Cl2N4O4/c1-2-32-23(31)16-12-26-29(20-10-7-14-5-3-4-6-18(14)27-20)22(16)28-21(30)13-33-19-9-8-15(24)11-17(19)25/h3-12H,2,13H2,1H3,(H,28,30). The molecule has 33 heavy (non-hydrogen) atoms. The summed E-state index contributed by atoms with van der Waals surface area (Å²) >= 11 is 12.0. The minimum atomic E-state index is -0.624. The van der Waals surface area contributed by atoms with Crippen molar-refractivity contribution in [2.75, 3.05) is 18.5 Å². The van der Waals surface area contributed by atoms with Crippen molar-refractivity contribution in [1.82, 2.24) is 14.8 Å². The Morgan fingerprint density at radius 1 is 1.09 bits per heavy atom. The molecule has 0 saturated carbocycles. The number of nitrogens with one attached hydrogen (secondary N) is 1. The van der Waals surface area contributed by atoms with Gasteiger partial charge in [-0.05, 0) is 43.3 Å². The Morgan fingerprint density at radius 2 is 1.91 bits per heavy atom. The molecule has 4 rings (SSSR count). The Bertz CT molecular complexity index is 1340. The number of hydrogen-bond donors (Lipinski definition) is 1. The van der Waals surface area contributed by atoms with Crippen molar-refractivity contribution >= 4 is 51.8 Å². The molecule has 0 fully saturated rings. The highest BCUT2D eigenvalue weighted by molar-refractivity contribution is 6.35. The number of carbonyl (C=O) groups excluding carboxylic acids is 2. The van der Waals surface area contributed by atoms with E-state index in [9.17, 15) is 9.59 Å². The van der Waals surface area contributed by atoms with Crippen LogP contribution in [0.25, 0.3) is 16.7 Å². The molecule has 168 valence electrons. The van der Waals surface area contributed by atoms with Gasteiger partial charge in [0.05, 0.1) is 23.3 Å². The van der Waals surface area contributed by atoms with E-state index in [1.165, 1.54) is 16.9 Å². The summed E-state index contributed by atoms with van der Waals surface area (Å²) in [6, 6.07) is 15.9. The van der Waals surface area contributed by atoms with Gasteiger partial charge in [-0.15, -0.1) is 0 Å². The van der Waals surface area contributed by atoms with Crippen LogP contribution in [0.2, 0.25) is 10.0 Å². The number of ether oxygens (including phenoxy) is 2. The Labute approximate surface area is 199 Å². The zero-order chi connectivity index (χ0) is 23.4. The molecular weight excluding hydrogens is 467 g/mol. The third kappa shape index (κ3) is 5.08. The van der Waals surface area contributed by atoms with E-state index >= 15 is 0 Å². The molecule has 1 N–H and O–H groups in total. The van der Waals surface area contributed by atoms with Crippen LogP contribution in [0.3, 0.4) is 0 Å². The van der Waals surface area contributed by atoms with Crippen molar-refractivity contribution in [3.8, 4) is 11.6 Å². The van der Waals surface area contributed by atoms with Crippen LogP contribution >= 0.6 is 23.2 Å². The second-order valence-corrected chi connectivity index (χ2v) is 7.66. The lowest BCUT2D eigenvalue weighted by Crippen LogP contribution is -2.23. The van der Waals surface area contributed by atoms with Gasteiger partial charge >= 0.3 is 5.97 Å². The number of aromatic nitrogens is 3. The first-order valence-corrected chi connectivity index (χ1v) is 10.7. The maximum Gasteiger partial charge on any atom is 0.343 e. The molecule has 0 aliphatic carbocycles. The summed E-state index contributed by atoms with van der Waals surface area (Å²) in [5.74, 6) is -0.324. The largest absolute Gasteiger partial charge is 0.482 e. The monoisotopic (exact) mass is 484 g/mol. The maximum atomic E-state index is 12.7. The Hall–Kier alpha value is -3.62. The van der Waals surface area contributed by atoms with Gasteiger partial charge in [0.2, 0.25) is 0 Å². The fourth-order valence-corrected chi connectivity index (χ4v) is 3.54. The quantitative estimate of drug-likeness (QED) is 0.374. The van der Waals surface area contributed by atoms with Crippen LogP contribution < -0.4 is 10.1 Å². The number of halogens is 2. The number of para-hydroxylation sites is 1. The van der Waals surface area contributed by atoms with Crippen molar-refractivity contribution in [3.63, 3.8) is 0 Å². The number of hydrogen-bond acceptors (Lipinski definition) is 6. The lowest BCUT2D eigenvalue weighted by Gasteiger charge is -2.12. The van der Waals surface area contributed by atoms with E-state index in [0.29, 0.717) is 16.6 Å². The third-order valence-corrected chi connectivity index (χ3v) is 5.11. The molecule has 0 spiro atoms. The van der Waals surface area contributed by atoms with Crippen LogP contribution in [0, 0.1) is 0 Å². The molecular formula is C23H18Cl2N4O4. The van der Waals surface area contributed by atoms with Gasteiger partial charge in [-0.2, -0.15) is 9.78 Å². The normalized spacial score (nSPS) is 10.8. The second kappa shape index (κ2) is 9.89. The summed E-state index contributed by atoms with van der Waals surface area (Å²) < 4.78 is 12.0. The number of rotatable bonds is 7. The van der Waals surface area contributed by atoms with Crippen LogP contribution in [-0.2, 0) is 9.53 Å². The molecule has 8 nitrogen and oxygen atoms in total. The molecule has 2 aromatic carbocycles. The van der Waals surface area contributed by atoms with Crippen LogP contribution in [0.15, 0.2) is 60.8 Å². The highest BCUT2D eigenvalue weighted by Crippen LogP contribution is 2.28. The van der Waals surface area contributed by atoms with E-state index < -0.39 is 11.9 Å². The Kier molecular flexibility index (Phi) is 6.76. The highest BCUT2D eigenvalue weighted by atomic mass is 35.5. The molecule has 0 bridgehead atoms. The van der Waals surface area contributed by atoms with Gasteiger partial charge in [-0.3, -0.25) is 4.79 Å². The summed E-state index contributed by atoms with van der Waals surface area (Å²) in [6.07, 6.45) is 1.32. The van der Waals surface area contributed by atoms with Gasteiger partial charge in [0.15, 0.2) is 18.2 Å². The molecule has 0 saturated heterocycles. The second-order valence-electron chi connectivity index (χ2n) is 6.81. The summed E-state index contributed by atoms with van der Waals surface area (Å²) in [6.45, 7) is 1.50. The Morgan fingerprint density at radius 3 is 2.70 bits per heavy atom. The first-order valence-electron chi connectivity index (χ1n) is 9.95. The fourth-order valence-electron chi connectivity index (χ4n) is 3.08. The number of esters is 1. The van der Waals surface area contributed by atoms with Crippen LogP contribution in [0.4, 0.5) is 5.82 Å². The topological polar surface area (TPSA) is 95.3 Å². The summed E-state index contributed by atoms with van der Waals surface area (Å²) in [7, 11) is 0. The van der Waals surface area contributed by atoms with E-state index in [-0.39, 0.29) is 29.6 Å².